The molecule has 0 radical (unpaired) electrons. The Bertz CT molecular complexity index is 930. The van der Waals surface area contributed by atoms with E-state index in [9.17, 15) is 4.79 Å². The number of nitrogens with zero attached hydrogens (tertiary/aromatic N) is 3. The summed E-state index contributed by atoms with van der Waals surface area (Å²) in [4.78, 5) is 12.2. The Morgan fingerprint density at radius 3 is 2.41 bits per heavy atom. The fourth-order valence-electron chi connectivity index (χ4n) is 2.84. The van der Waals surface area contributed by atoms with E-state index in [0.717, 1.165) is 28.3 Å². The molecule has 0 unspecified atom stereocenters. The maximum atomic E-state index is 12.2. The first-order chi connectivity index (χ1) is 12.7. The predicted molar refractivity (Wildman–Crippen MR) is 105 cm³/mol. The summed E-state index contributed by atoms with van der Waals surface area (Å²) in [7, 11) is 0. The van der Waals surface area contributed by atoms with Crippen LogP contribution in [0.25, 0.3) is 5.69 Å². The lowest BCUT2D eigenvalue weighted by molar-refractivity contribution is -0.116. The second-order valence-corrected chi connectivity index (χ2v) is 7.88. The summed E-state index contributed by atoms with van der Waals surface area (Å²) in [5.41, 5.74) is 4.92. The van der Waals surface area contributed by atoms with Crippen LogP contribution in [0.5, 0.6) is 0 Å². The fraction of sp³-hybridized carbons (Fsp3) is 0.381. The molecule has 0 atom stereocenters. The highest BCUT2D eigenvalue weighted by Crippen LogP contribution is 2.23. The molecule has 3 rings (SSSR count). The molecule has 1 amide bonds. The molecule has 0 fully saturated rings. The van der Waals surface area contributed by atoms with Crippen molar-refractivity contribution in [3.8, 4) is 5.69 Å². The Kier molecular flexibility index (Phi) is 5.17. The summed E-state index contributed by atoms with van der Waals surface area (Å²) in [5.74, 6) is 0.305. The van der Waals surface area contributed by atoms with E-state index >= 15 is 0 Å². The molecule has 6 heteroatoms. The third-order valence-electron chi connectivity index (χ3n) is 4.37. The maximum absolute atomic E-state index is 12.2. The number of carbonyl (C=O) groups excluding carboxylic acids is 1. The van der Waals surface area contributed by atoms with Gasteiger partial charge < -0.3 is 4.52 Å². The van der Waals surface area contributed by atoms with Crippen molar-refractivity contribution in [3.63, 3.8) is 0 Å². The molecule has 0 aliphatic heterocycles. The van der Waals surface area contributed by atoms with Crippen LogP contribution in [0.4, 0.5) is 5.88 Å². The van der Waals surface area contributed by atoms with Gasteiger partial charge in [0, 0.05) is 23.6 Å². The molecular weight excluding hydrogens is 340 g/mol. The molecule has 0 spiro atoms. The molecule has 6 nitrogen and oxygen atoms in total. The predicted octanol–water partition coefficient (Wildman–Crippen LogP) is 4.35. The van der Waals surface area contributed by atoms with Gasteiger partial charge in [0.2, 0.25) is 11.8 Å². The molecule has 1 N–H and O–H groups in total. The molecule has 2 heterocycles. The van der Waals surface area contributed by atoms with Gasteiger partial charge in [-0.3, -0.25) is 10.1 Å². The minimum atomic E-state index is -0.111. The number of carbonyl (C=O) groups is 1. The average Bonchev–Trinajstić information content (AvgIpc) is 3.19. The van der Waals surface area contributed by atoms with E-state index in [0.29, 0.717) is 18.7 Å². The highest BCUT2D eigenvalue weighted by molar-refractivity contribution is 5.89. The topological polar surface area (TPSA) is 73.0 Å². The zero-order valence-electron chi connectivity index (χ0n) is 16.5. The van der Waals surface area contributed by atoms with Crippen molar-refractivity contribution in [3.05, 3.63) is 59.0 Å². The second-order valence-electron chi connectivity index (χ2n) is 7.88. The highest BCUT2D eigenvalue weighted by Gasteiger charge is 2.19. The van der Waals surface area contributed by atoms with Crippen molar-refractivity contribution < 1.29 is 9.32 Å². The molecule has 0 saturated carbocycles. The van der Waals surface area contributed by atoms with Crippen molar-refractivity contribution in [2.45, 2.75) is 52.9 Å². The molecule has 3 aromatic rings. The van der Waals surface area contributed by atoms with Gasteiger partial charge in [-0.25, -0.2) is 4.68 Å². The Hall–Kier alpha value is -2.89. The van der Waals surface area contributed by atoms with Gasteiger partial charge in [-0.1, -0.05) is 38.1 Å². The minimum Gasteiger partial charge on any atom is -0.338 e. The van der Waals surface area contributed by atoms with Gasteiger partial charge in [-0.15, -0.1) is 0 Å². The third kappa shape index (κ3) is 4.64. The monoisotopic (exact) mass is 366 g/mol. The Balaban J connectivity index is 1.56. The summed E-state index contributed by atoms with van der Waals surface area (Å²) in [6, 6.07) is 11.9. The van der Waals surface area contributed by atoms with Gasteiger partial charge >= 0.3 is 0 Å². The first kappa shape index (κ1) is 18.9. The molecule has 0 bridgehead atoms. The number of aromatic nitrogens is 3. The van der Waals surface area contributed by atoms with E-state index in [2.05, 4.69) is 15.6 Å². The largest absolute Gasteiger partial charge is 0.338 e. The molecule has 0 saturated heterocycles. The van der Waals surface area contributed by atoms with Gasteiger partial charge in [0.1, 0.15) is 0 Å². The van der Waals surface area contributed by atoms with Crippen LogP contribution < -0.4 is 5.32 Å². The van der Waals surface area contributed by atoms with Crippen molar-refractivity contribution in [1.29, 1.82) is 0 Å². The maximum Gasteiger partial charge on any atom is 0.231 e. The van der Waals surface area contributed by atoms with Crippen LogP contribution in [0, 0.1) is 13.8 Å². The zero-order valence-corrected chi connectivity index (χ0v) is 16.5. The van der Waals surface area contributed by atoms with E-state index in [1.54, 1.807) is 6.07 Å². The quantitative estimate of drug-likeness (QED) is 0.729. The van der Waals surface area contributed by atoms with Gasteiger partial charge in [-0.05, 0) is 44.0 Å². The summed E-state index contributed by atoms with van der Waals surface area (Å²) in [6.45, 7) is 10.2. The third-order valence-corrected chi connectivity index (χ3v) is 4.37. The molecule has 0 aliphatic rings. The first-order valence-electron chi connectivity index (χ1n) is 9.12. The van der Waals surface area contributed by atoms with Crippen molar-refractivity contribution in [2.24, 2.45) is 0 Å². The Morgan fingerprint density at radius 1 is 1.15 bits per heavy atom. The van der Waals surface area contributed by atoms with E-state index in [4.69, 9.17) is 4.52 Å². The van der Waals surface area contributed by atoms with E-state index in [1.807, 2.05) is 69.6 Å². The molecule has 0 aliphatic carbocycles. The Morgan fingerprint density at radius 2 is 1.85 bits per heavy atom. The molecular formula is C21H26N4O2. The Labute approximate surface area is 159 Å². The lowest BCUT2D eigenvalue weighted by Gasteiger charge is -2.12. The summed E-state index contributed by atoms with van der Waals surface area (Å²) in [6.07, 6.45) is 1.04. The lowest BCUT2D eigenvalue weighted by atomic mass is 9.92. The highest BCUT2D eigenvalue weighted by atomic mass is 16.5. The zero-order chi connectivity index (χ0) is 19.6. The van der Waals surface area contributed by atoms with E-state index in [-0.39, 0.29) is 11.3 Å². The number of nitrogens with one attached hydrogen (secondary N) is 1. The van der Waals surface area contributed by atoms with Gasteiger partial charge in [-0.2, -0.15) is 5.10 Å². The summed E-state index contributed by atoms with van der Waals surface area (Å²) in [5, 5.41) is 11.3. The standard InChI is InChI=1S/C21H26N4O2/c1-14-12-15(2)25(23-14)17-9-6-16(7-10-17)8-11-19(26)22-20-13-18(24-27-20)21(3,4)5/h6-7,9-10,12-13H,8,11H2,1-5H3,(H,22,26). The van der Waals surface area contributed by atoms with Crippen LogP contribution in [-0.4, -0.2) is 20.8 Å². The average molecular weight is 366 g/mol. The van der Waals surface area contributed by atoms with Crippen LogP contribution in [0.15, 0.2) is 40.9 Å². The number of hydrogen-bond donors (Lipinski definition) is 1. The lowest BCUT2D eigenvalue weighted by Crippen LogP contribution is -2.12. The summed E-state index contributed by atoms with van der Waals surface area (Å²) >= 11 is 0. The second kappa shape index (κ2) is 7.39. The number of anilines is 1. The van der Waals surface area contributed by atoms with Crippen molar-refractivity contribution in [1.82, 2.24) is 14.9 Å². The molecule has 142 valence electrons. The van der Waals surface area contributed by atoms with Crippen LogP contribution in [-0.2, 0) is 16.6 Å². The van der Waals surface area contributed by atoms with E-state index < -0.39 is 0 Å². The number of aryl methyl sites for hydroxylation is 3. The van der Waals surface area contributed by atoms with E-state index in [1.165, 1.54) is 0 Å². The summed E-state index contributed by atoms with van der Waals surface area (Å²) < 4.78 is 7.12. The first-order valence-corrected chi connectivity index (χ1v) is 9.12. The van der Waals surface area contributed by atoms with Gasteiger partial charge in [0.25, 0.3) is 0 Å². The van der Waals surface area contributed by atoms with Crippen LogP contribution >= 0.6 is 0 Å². The number of rotatable bonds is 5. The van der Waals surface area contributed by atoms with Crippen LogP contribution in [0.3, 0.4) is 0 Å². The normalized spacial score (nSPS) is 11.6. The fourth-order valence-corrected chi connectivity index (χ4v) is 2.84. The SMILES string of the molecule is Cc1cc(C)n(-c2ccc(CCC(=O)Nc3cc(C(C)(C)C)no3)cc2)n1. The van der Waals surface area contributed by atoms with Crippen LogP contribution in [0.2, 0.25) is 0 Å². The van der Waals surface area contributed by atoms with Crippen molar-refractivity contribution >= 4 is 11.8 Å². The van der Waals surface area contributed by atoms with Crippen LogP contribution in [0.1, 0.15) is 49.8 Å². The smallest absolute Gasteiger partial charge is 0.231 e. The van der Waals surface area contributed by atoms with Gasteiger partial charge in [0.05, 0.1) is 17.1 Å². The van der Waals surface area contributed by atoms with Gasteiger partial charge in [0.15, 0.2) is 0 Å². The number of benzene rings is 1. The molecule has 1 aromatic carbocycles. The molecule has 2 aromatic heterocycles. The molecule has 27 heavy (non-hydrogen) atoms. The van der Waals surface area contributed by atoms with Crippen molar-refractivity contribution in [2.75, 3.05) is 5.32 Å². The number of amides is 1. The minimum absolute atomic E-state index is 0.0887. The number of hydrogen-bond acceptors (Lipinski definition) is 4.